The van der Waals surface area contributed by atoms with Gasteiger partial charge in [-0.25, -0.2) is 9.13 Å². The summed E-state index contributed by atoms with van der Waals surface area (Å²) in [4.78, 5) is 37.5. The van der Waals surface area contributed by atoms with Gasteiger partial charge in [-0.05, 0) is 0 Å². The van der Waals surface area contributed by atoms with Crippen LogP contribution in [0.15, 0.2) is 12.7 Å². The summed E-state index contributed by atoms with van der Waals surface area (Å²) in [5.41, 5.74) is 0. The van der Waals surface area contributed by atoms with Gasteiger partial charge in [0.25, 0.3) is 0 Å². The molecule has 5 N–H and O–H groups in total. The molecule has 0 aliphatic carbocycles. The van der Waals surface area contributed by atoms with E-state index in [9.17, 15) is 4.57 Å². The van der Waals surface area contributed by atoms with Crippen molar-refractivity contribution in [3.05, 3.63) is 12.7 Å². The second kappa shape index (κ2) is 9.21. The van der Waals surface area contributed by atoms with Crippen molar-refractivity contribution >= 4 is 15.6 Å². The maximum atomic E-state index is 9.81. The molecule has 0 saturated heterocycles. The molecule has 0 amide bonds. The molecule has 0 aromatic rings. The van der Waals surface area contributed by atoms with Crippen LogP contribution < -0.4 is 29.6 Å². The quantitative estimate of drug-likeness (QED) is 0.199. The number of hydrogen-bond acceptors (Lipinski definition) is 3. The first-order chi connectivity index (χ1) is 5.56. The Bertz CT molecular complexity index is 226. The molecule has 0 bridgehead atoms. The number of phosphoric ester groups is 1. The van der Waals surface area contributed by atoms with Crippen molar-refractivity contribution < 1.29 is 69.1 Å². The molecule has 0 rings (SSSR count). The van der Waals surface area contributed by atoms with Crippen LogP contribution >= 0.6 is 15.6 Å². The predicted molar refractivity (Wildman–Crippen MR) is 43.6 cm³/mol. The molecule has 0 atom stereocenters. The first-order valence-electron chi connectivity index (χ1n) is 2.65. The molecule has 0 fully saturated rings. The van der Waals surface area contributed by atoms with Crippen molar-refractivity contribution in [2.24, 2.45) is 0 Å². The maximum absolute atomic E-state index is 9.81. The Kier molecular flexibility index (Phi) is 13.4. The number of phosphoric acid groups is 2. The largest absolute Gasteiger partial charge is 1.00 e. The zero-order valence-electron chi connectivity index (χ0n) is 8.35. The van der Waals surface area contributed by atoms with Crippen molar-refractivity contribution in [2.75, 3.05) is 6.61 Å². The van der Waals surface area contributed by atoms with E-state index in [0.29, 0.717) is 0 Å². The van der Waals surface area contributed by atoms with E-state index in [-0.39, 0.29) is 37.6 Å². The van der Waals surface area contributed by atoms with Gasteiger partial charge < -0.3 is 25.9 Å². The Morgan fingerprint density at radius 2 is 1.50 bits per heavy atom. The zero-order valence-corrected chi connectivity index (χ0v) is 11.1. The molecule has 0 unspecified atom stereocenters. The van der Waals surface area contributed by atoms with Gasteiger partial charge in [-0.15, -0.1) is 6.58 Å². The molecule has 0 radical (unpaired) electrons. The normalized spacial score (nSPS) is 10.6. The van der Waals surface area contributed by atoms with Gasteiger partial charge in [0.15, 0.2) is 0 Å². The average molecular weight is 260 g/mol. The molecule has 14 heavy (non-hydrogen) atoms. The van der Waals surface area contributed by atoms with Crippen LogP contribution in [-0.2, 0) is 13.7 Å². The Labute approximate surface area is 104 Å². The molecule has 8 nitrogen and oxygen atoms in total. The van der Waals surface area contributed by atoms with Crippen molar-refractivity contribution in [1.29, 1.82) is 0 Å². The van der Waals surface area contributed by atoms with Gasteiger partial charge in [-0.2, -0.15) is 0 Å². The van der Waals surface area contributed by atoms with Gasteiger partial charge in [-0.1, -0.05) is 6.08 Å². The van der Waals surface area contributed by atoms with E-state index in [4.69, 9.17) is 29.0 Å². The molecule has 11 heteroatoms. The fourth-order valence-corrected chi connectivity index (χ4v) is 0.449. The third kappa shape index (κ3) is 52.2. The first-order valence-corrected chi connectivity index (χ1v) is 5.75. The monoisotopic (exact) mass is 260 g/mol. The molecule has 0 aromatic carbocycles. The summed E-state index contributed by atoms with van der Waals surface area (Å²) in [5, 5.41) is 0. The molecular formula is C3H11NaO8P2. The van der Waals surface area contributed by atoms with E-state index in [1.165, 1.54) is 6.08 Å². The van der Waals surface area contributed by atoms with Crippen molar-refractivity contribution in [3.8, 4) is 0 Å². The third-order valence-electron chi connectivity index (χ3n) is 0.361. The van der Waals surface area contributed by atoms with E-state index in [0.717, 1.165) is 0 Å². The van der Waals surface area contributed by atoms with Gasteiger partial charge in [0.1, 0.15) is 0 Å². The van der Waals surface area contributed by atoms with E-state index in [1.54, 1.807) is 0 Å². The molecule has 0 aromatic heterocycles. The van der Waals surface area contributed by atoms with Gasteiger partial charge in [0, 0.05) is 0 Å². The number of hydrogen-bond donors (Lipinski definition) is 5. The fourth-order valence-electron chi connectivity index (χ4n) is 0.150. The average Bonchev–Trinajstić information content (AvgIpc) is 1.77. The maximum Gasteiger partial charge on any atom is 1.00 e. The van der Waals surface area contributed by atoms with Gasteiger partial charge in [-0.3, -0.25) is 4.52 Å². The van der Waals surface area contributed by atoms with E-state index < -0.39 is 15.6 Å². The molecule has 0 heterocycles. The smallest absolute Gasteiger partial charge is 1.00 e. The summed E-state index contributed by atoms with van der Waals surface area (Å²) < 4.78 is 22.6. The van der Waals surface area contributed by atoms with Gasteiger partial charge >= 0.3 is 45.2 Å². The molecule has 82 valence electrons. The summed E-state index contributed by atoms with van der Waals surface area (Å²) in [6.45, 7) is 3.07. The summed E-state index contributed by atoms with van der Waals surface area (Å²) in [5.74, 6) is 0. The summed E-state index contributed by atoms with van der Waals surface area (Å²) in [6, 6.07) is 0. The van der Waals surface area contributed by atoms with Crippen LogP contribution in [0.1, 0.15) is 1.43 Å². The fraction of sp³-hybridized carbons (Fsp3) is 0.333. The minimum atomic E-state index is -4.64. The standard InChI is InChI=1S/C3H7O4P.Na.H3O4P.H/c1-2-3-7-8(4,5)6;;1-5(2,3)4;/h2H,1,3H2,(H2,4,5,6);;(H3,1,2,3,4);/q;+1;;-1. The summed E-state index contributed by atoms with van der Waals surface area (Å²) >= 11 is 0. The Morgan fingerprint density at radius 1 is 1.21 bits per heavy atom. The van der Waals surface area contributed by atoms with Crippen molar-refractivity contribution in [2.45, 2.75) is 0 Å². The van der Waals surface area contributed by atoms with Crippen LogP contribution in [0, 0.1) is 0 Å². The minimum absolute atomic E-state index is 0. The Morgan fingerprint density at radius 3 is 1.57 bits per heavy atom. The van der Waals surface area contributed by atoms with Crippen molar-refractivity contribution in [1.82, 2.24) is 0 Å². The van der Waals surface area contributed by atoms with E-state index in [2.05, 4.69) is 11.1 Å². The van der Waals surface area contributed by atoms with Crippen molar-refractivity contribution in [3.63, 3.8) is 0 Å². The molecule has 0 aliphatic rings. The van der Waals surface area contributed by atoms with E-state index >= 15 is 0 Å². The SMILES string of the molecule is C=CCOP(=O)(O)O.O=P(O)(O)O.[H-].[Na+]. The molecule has 0 spiro atoms. The second-order valence-electron chi connectivity index (χ2n) is 1.59. The number of rotatable bonds is 3. The third-order valence-corrected chi connectivity index (χ3v) is 0.846. The van der Waals surface area contributed by atoms with E-state index in [1.807, 2.05) is 0 Å². The Balaban J connectivity index is -0.0000000770. The molecule has 0 aliphatic heterocycles. The second-order valence-corrected chi connectivity index (χ2v) is 3.85. The summed E-state index contributed by atoms with van der Waals surface area (Å²) in [7, 11) is -8.89. The Hall–Kier alpha value is 0.960. The molecular weight excluding hydrogens is 249 g/mol. The van der Waals surface area contributed by atoms with Crippen LogP contribution in [0.5, 0.6) is 0 Å². The van der Waals surface area contributed by atoms with Crippen LogP contribution in [0.4, 0.5) is 0 Å². The van der Waals surface area contributed by atoms with Crippen LogP contribution in [0.3, 0.4) is 0 Å². The van der Waals surface area contributed by atoms with Crippen LogP contribution in [-0.4, -0.2) is 31.1 Å². The molecule has 0 saturated carbocycles. The minimum Gasteiger partial charge on any atom is -1.00 e. The first kappa shape index (κ1) is 20.4. The zero-order chi connectivity index (χ0) is 11.1. The van der Waals surface area contributed by atoms with Gasteiger partial charge in [0.05, 0.1) is 6.61 Å². The van der Waals surface area contributed by atoms with Crippen LogP contribution in [0.2, 0.25) is 0 Å². The predicted octanol–water partition coefficient (Wildman–Crippen LogP) is -3.53. The topological polar surface area (TPSA) is 145 Å². The van der Waals surface area contributed by atoms with Crippen LogP contribution in [0.25, 0.3) is 0 Å². The summed E-state index contributed by atoms with van der Waals surface area (Å²) in [6.07, 6.45) is 1.26. The van der Waals surface area contributed by atoms with Gasteiger partial charge in [0.2, 0.25) is 0 Å².